The standard InChI is InChI=1S/C22H17N3O6/c26-19-13-30-10-9-23(19)14-5-7-15(8-6-14)24-11-16(31-22(24)29)12-25-20(27)17-3-1-2-4-18(17)21(25)28/h1-8,11H,9-10,12-13H2. The molecule has 0 saturated carbocycles. The molecule has 0 bridgehead atoms. The molecule has 0 spiro atoms. The zero-order valence-electron chi connectivity index (χ0n) is 16.3. The number of amides is 3. The minimum atomic E-state index is -0.637. The number of hydrogen-bond donors (Lipinski definition) is 0. The van der Waals surface area contributed by atoms with Crippen molar-refractivity contribution in [3.8, 4) is 5.69 Å². The average molecular weight is 419 g/mol. The summed E-state index contributed by atoms with van der Waals surface area (Å²) in [5, 5.41) is 0. The van der Waals surface area contributed by atoms with Crippen molar-refractivity contribution in [2.75, 3.05) is 24.7 Å². The first kappa shape index (κ1) is 19.0. The van der Waals surface area contributed by atoms with Gasteiger partial charge in [-0.3, -0.25) is 19.3 Å². The number of aromatic nitrogens is 1. The van der Waals surface area contributed by atoms with Crippen molar-refractivity contribution in [2.24, 2.45) is 0 Å². The van der Waals surface area contributed by atoms with E-state index < -0.39 is 17.6 Å². The normalized spacial score (nSPS) is 16.2. The first-order valence-corrected chi connectivity index (χ1v) is 9.68. The minimum absolute atomic E-state index is 0.0457. The lowest BCUT2D eigenvalue weighted by molar-refractivity contribution is -0.125. The van der Waals surface area contributed by atoms with E-state index in [4.69, 9.17) is 9.15 Å². The zero-order chi connectivity index (χ0) is 21.5. The van der Waals surface area contributed by atoms with E-state index in [-0.39, 0.29) is 24.8 Å². The summed E-state index contributed by atoms with van der Waals surface area (Å²) in [5.74, 6) is -1.41. The molecule has 2 aromatic carbocycles. The maximum Gasteiger partial charge on any atom is 0.423 e. The molecular weight excluding hydrogens is 402 g/mol. The van der Waals surface area contributed by atoms with Crippen molar-refractivity contribution < 1.29 is 23.5 Å². The minimum Gasteiger partial charge on any atom is -0.411 e. The van der Waals surface area contributed by atoms with Crippen LogP contribution in [0.15, 0.2) is 63.9 Å². The molecule has 2 aliphatic rings. The molecule has 0 N–H and O–H groups in total. The molecule has 2 aliphatic heterocycles. The molecule has 0 atom stereocenters. The fourth-order valence-electron chi connectivity index (χ4n) is 3.76. The van der Waals surface area contributed by atoms with Gasteiger partial charge in [-0.15, -0.1) is 0 Å². The Hall–Kier alpha value is -3.98. The fraction of sp³-hybridized carbons (Fsp3) is 0.182. The van der Waals surface area contributed by atoms with Crippen LogP contribution in [0.2, 0.25) is 0 Å². The summed E-state index contributed by atoms with van der Waals surface area (Å²) < 4.78 is 11.7. The largest absolute Gasteiger partial charge is 0.423 e. The number of carbonyl (C=O) groups is 3. The van der Waals surface area contributed by atoms with Gasteiger partial charge in [0.25, 0.3) is 17.7 Å². The summed E-state index contributed by atoms with van der Waals surface area (Å²) in [6.07, 6.45) is 1.46. The number of benzene rings is 2. The molecule has 0 aliphatic carbocycles. The van der Waals surface area contributed by atoms with Gasteiger partial charge in [0.05, 0.1) is 36.2 Å². The number of ether oxygens (including phenoxy) is 1. The molecule has 1 saturated heterocycles. The topological polar surface area (TPSA) is 102 Å². The van der Waals surface area contributed by atoms with Crippen molar-refractivity contribution >= 4 is 23.4 Å². The highest BCUT2D eigenvalue weighted by atomic mass is 16.5. The Morgan fingerprint density at radius 2 is 1.48 bits per heavy atom. The molecule has 3 heterocycles. The Bertz CT molecular complexity index is 1220. The van der Waals surface area contributed by atoms with E-state index in [2.05, 4.69) is 0 Å². The number of carbonyl (C=O) groups excluding carboxylic acids is 3. The van der Waals surface area contributed by atoms with Gasteiger partial charge in [0.1, 0.15) is 12.4 Å². The van der Waals surface area contributed by atoms with E-state index in [9.17, 15) is 19.2 Å². The maximum atomic E-state index is 12.5. The van der Waals surface area contributed by atoms with Gasteiger partial charge in [0, 0.05) is 12.2 Å². The molecular formula is C22H17N3O6. The van der Waals surface area contributed by atoms with Crippen LogP contribution >= 0.6 is 0 Å². The van der Waals surface area contributed by atoms with E-state index in [1.165, 1.54) is 10.8 Å². The van der Waals surface area contributed by atoms with Gasteiger partial charge in [0.2, 0.25) is 0 Å². The van der Waals surface area contributed by atoms with E-state index in [0.717, 1.165) is 4.90 Å². The smallest absolute Gasteiger partial charge is 0.411 e. The third-order valence-corrected chi connectivity index (χ3v) is 5.31. The second-order valence-corrected chi connectivity index (χ2v) is 7.19. The van der Waals surface area contributed by atoms with Crippen LogP contribution in [-0.4, -0.2) is 46.9 Å². The quantitative estimate of drug-likeness (QED) is 0.595. The van der Waals surface area contributed by atoms with Gasteiger partial charge < -0.3 is 14.1 Å². The predicted octanol–water partition coefficient (Wildman–Crippen LogP) is 1.59. The Kier molecular flexibility index (Phi) is 4.52. The zero-order valence-corrected chi connectivity index (χ0v) is 16.3. The SMILES string of the molecule is O=C1c2ccccc2C(=O)N1Cc1cn(-c2ccc(N3CCOCC3=O)cc2)c(=O)o1. The number of anilines is 1. The van der Waals surface area contributed by atoms with Crippen LogP contribution in [0, 0.1) is 0 Å². The van der Waals surface area contributed by atoms with E-state index in [0.29, 0.717) is 35.7 Å². The third-order valence-electron chi connectivity index (χ3n) is 5.31. The second-order valence-electron chi connectivity index (χ2n) is 7.19. The molecule has 3 aromatic rings. The van der Waals surface area contributed by atoms with Crippen LogP contribution in [0.3, 0.4) is 0 Å². The summed E-state index contributed by atoms with van der Waals surface area (Å²) in [6.45, 7) is 0.836. The molecule has 5 rings (SSSR count). The Morgan fingerprint density at radius 1 is 0.839 bits per heavy atom. The monoisotopic (exact) mass is 419 g/mol. The molecule has 3 amide bonds. The maximum absolute atomic E-state index is 12.5. The number of morpholine rings is 1. The van der Waals surface area contributed by atoms with Gasteiger partial charge >= 0.3 is 5.76 Å². The molecule has 1 fully saturated rings. The molecule has 9 nitrogen and oxygen atoms in total. The number of hydrogen-bond acceptors (Lipinski definition) is 6. The van der Waals surface area contributed by atoms with Crippen molar-refractivity contribution in [2.45, 2.75) is 6.54 Å². The highest BCUT2D eigenvalue weighted by molar-refractivity contribution is 6.21. The van der Waals surface area contributed by atoms with Gasteiger partial charge in [-0.1, -0.05) is 12.1 Å². The van der Waals surface area contributed by atoms with E-state index >= 15 is 0 Å². The lowest BCUT2D eigenvalue weighted by Gasteiger charge is -2.26. The Labute approximate surface area is 176 Å². The highest BCUT2D eigenvalue weighted by Gasteiger charge is 2.35. The van der Waals surface area contributed by atoms with Crippen LogP contribution in [-0.2, 0) is 16.1 Å². The second kappa shape index (κ2) is 7.37. The van der Waals surface area contributed by atoms with Crippen molar-refractivity contribution in [1.29, 1.82) is 0 Å². The molecule has 0 radical (unpaired) electrons. The summed E-state index contributed by atoms with van der Waals surface area (Å²) in [4.78, 5) is 52.1. The summed E-state index contributed by atoms with van der Waals surface area (Å²) >= 11 is 0. The van der Waals surface area contributed by atoms with E-state index in [1.807, 2.05) is 0 Å². The van der Waals surface area contributed by atoms with Gasteiger partial charge in [-0.2, -0.15) is 0 Å². The molecule has 0 unspecified atom stereocenters. The first-order valence-electron chi connectivity index (χ1n) is 9.68. The van der Waals surface area contributed by atoms with Gasteiger partial charge in [-0.05, 0) is 36.4 Å². The third kappa shape index (κ3) is 3.24. The number of fused-ring (bicyclic) bond motifs is 1. The lowest BCUT2D eigenvalue weighted by atomic mass is 10.1. The van der Waals surface area contributed by atoms with Crippen molar-refractivity contribution in [3.63, 3.8) is 0 Å². The fourth-order valence-corrected chi connectivity index (χ4v) is 3.76. The molecule has 31 heavy (non-hydrogen) atoms. The van der Waals surface area contributed by atoms with Crippen LogP contribution in [0.4, 0.5) is 5.69 Å². The number of oxazole rings is 1. The summed E-state index contributed by atoms with van der Waals surface area (Å²) in [7, 11) is 0. The summed E-state index contributed by atoms with van der Waals surface area (Å²) in [6, 6.07) is 13.4. The van der Waals surface area contributed by atoms with Crippen LogP contribution in [0.25, 0.3) is 5.69 Å². The molecule has 9 heteroatoms. The number of nitrogens with zero attached hydrogens (tertiary/aromatic N) is 3. The van der Waals surface area contributed by atoms with E-state index in [1.54, 1.807) is 53.4 Å². The van der Waals surface area contributed by atoms with Crippen LogP contribution in [0.5, 0.6) is 0 Å². The Balaban J connectivity index is 1.37. The number of imide groups is 1. The predicted molar refractivity (Wildman–Crippen MR) is 108 cm³/mol. The Morgan fingerprint density at radius 3 is 2.13 bits per heavy atom. The lowest BCUT2D eigenvalue weighted by Crippen LogP contribution is -2.41. The van der Waals surface area contributed by atoms with Crippen LogP contribution in [0.1, 0.15) is 26.5 Å². The van der Waals surface area contributed by atoms with Crippen molar-refractivity contribution in [3.05, 3.63) is 82.2 Å². The number of rotatable bonds is 4. The highest BCUT2D eigenvalue weighted by Crippen LogP contribution is 2.24. The molecule has 156 valence electrons. The molecule has 1 aromatic heterocycles. The average Bonchev–Trinajstić information content (AvgIpc) is 3.27. The first-order chi connectivity index (χ1) is 15.0. The van der Waals surface area contributed by atoms with Crippen LogP contribution < -0.4 is 10.7 Å². The van der Waals surface area contributed by atoms with Gasteiger partial charge in [-0.25, -0.2) is 9.36 Å². The summed E-state index contributed by atoms with van der Waals surface area (Å²) in [5.41, 5.74) is 1.91. The van der Waals surface area contributed by atoms with Crippen molar-refractivity contribution in [1.82, 2.24) is 9.47 Å². The van der Waals surface area contributed by atoms with Gasteiger partial charge in [0.15, 0.2) is 0 Å².